The SMILES string of the molecule is NCC(Cc1ccoc1)c1ccc(Cl)cc1. The van der Waals surface area contributed by atoms with Crippen LogP contribution in [0.4, 0.5) is 0 Å². The zero-order valence-electron chi connectivity index (χ0n) is 8.90. The molecular formula is C13H14ClNO. The number of halogens is 1. The Balaban J connectivity index is 2.13. The highest BCUT2D eigenvalue weighted by molar-refractivity contribution is 6.30. The Kier molecular flexibility index (Phi) is 3.65. The first-order valence-corrected chi connectivity index (χ1v) is 5.64. The van der Waals surface area contributed by atoms with Crippen molar-refractivity contribution in [2.24, 2.45) is 5.73 Å². The highest BCUT2D eigenvalue weighted by Crippen LogP contribution is 2.21. The van der Waals surface area contributed by atoms with E-state index in [0.717, 1.165) is 11.4 Å². The molecule has 0 saturated carbocycles. The zero-order chi connectivity index (χ0) is 11.4. The summed E-state index contributed by atoms with van der Waals surface area (Å²) in [4.78, 5) is 0. The van der Waals surface area contributed by atoms with Crippen LogP contribution < -0.4 is 5.73 Å². The molecule has 3 heteroatoms. The van der Waals surface area contributed by atoms with Gasteiger partial charge in [0.05, 0.1) is 12.5 Å². The minimum Gasteiger partial charge on any atom is -0.472 e. The third-order valence-corrected chi connectivity index (χ3v) is 2.94. The van der Waals surface area contributed by atoms with Crippen molar-refractivity contribution >= 4 is 11.6 Å². The second kappa shape index (κ2) is 5.19. The molecule has 0 aliphatic carbocycles. The van der Waals surface area contributed by atoms with Crippen molar-refractivity contribution < 1.29 is 4.42 Å². The maximum atomic E-state index is 5.86. The Hall–Kier alpha value is -1.25. The molecule has 0 amide bonds. The monoisotopic (exact) mass is 235 g/mol. The first-order chi connectivity index (χ1) is 7.79. The van der Waals surface area contributed by atoms with E-state index in [1.807, 2.05) is 30.3 Å². The van der Waals surface area contributed by atoms with E-state index in [1.165, 1.54) is 11.1 Å². The van der Waals surface area contributed by atoms with Gasteiger partial charge in [-0.25, -0.2) is 0 Å². The van der Waals surface area contributed by atoms with E-state index in [-0.39, 0.29) is 0 Å². The molecule has 84 valence electrons. The molecule has 0 aliphatic rings. The normalized spacial score (nSPS) is 12.6. The summed E-state index contributed by atoms with van der Waals surface area (Å²) >= 11 is 5.86. The van der Waals surface area contributed by atoms with Gasteiger partial charge in [0, 0.05) is 10.9 Å². The molecule has 1 unspecified atom stereocenters. The Bertz CT molecular complexity index is 422. The Labute approximate surface area is 100 Å². The molecule has 16 heavy (non-hydrogen) atoms. The Morgan fingerprint density at radius 3 is 2.50 bits per heavy atom. The van der Waals surface area contributed by atoms with Crippen LogP contribution in [0, 0.1) is 0 Å². The van der Waals surface area contributed by atoms with Gasteiger partial charge in [0.25, 0.3) is 0 Å². The molecule has 2 nitrogen and oxygen atoms in total. The molecule has 2 aromatic rings. The number of hydrogen-bond donors (Lipinski definition) is 1. The summed E-state index contributed by atoms with van der Waals surface area (Å²) in [5.41, 5.74) is 8.18. The van der Waals surface area contributed by atoms with Crippen LogP contribution in [-0.2, 0) is 6.42 Å². The molecule has 1 atom stereocenters. The fraction of sp³-hybridized carbons (Fsp3) is 0.231. The van der Waals surface area contributed by atoms with Gasteiger partial charge in [0.1, 0.15) is 0 Å². The molecule has 0 fully saturated rings. The largest absolute Gasteiger partial charge is 0.472 e. The van der Waals surface area contributed by atoms with Crippen molar-refractivity contribution in [3.05, 3.63) is 59.0 Å². The molecule has 0 saturated heterocycles. The van der Waals surface area contributed by atoms with Crippen LogP contribution in [0.1, 0.15) is 17.0 Å². The number of hydrogen-bond acceptors (Lipinski definition) is 2. The van der Waals surface area contributed by atoms with Crippen molar-refractivity contribution in [1.82, 2.24) is 0 Å². The molecule has 1 aromatic carbocycles. The maximum Gasteiger partial charge on any atom is 0.0934 e. The molecule has 0 radical (unpaired) electrons. The molecule has 0 bridgehead atoms. The van der Waals surface area contributed by atoms with Gasteiger partial charge in [-0.2, -0.15) is 0 Å². The fourth-order valence-corrected chi connectivity index (χ4v) is 1.89. The van der Waals surface area contributed by atoms with Crippen LogP contribution in [0.5, 0.6) is 0 Å². The van der Waals surface area contributed by atoms with Gasteiger partial charge in [-0.1, -0.05) is 23.7 Å². The molecule has 2 rings (SSSR count). The van der Waals surface area contributed by atoms with Crippen LogP contribution in [0.2, 0.25) is 5.02 Å². The van der Waals surface area contributed by atoms with Gasteiger partial charge in [-0.3, -0.25) is 0 Å². The topological polar surface area (TPSA) is 39.2 Å². The second-order valence-electron chi connectivity index (χ2n) is 3.82. The lowest BCUT2D eigenvalue weighted by molar-refractivity contribution is 0.561. The number of rotatable bonds is 4. The number of nitrogens with two attached hydrogens (primary N) is 1. The van der Waals surface area contributed by atoms with Crippen LogP contribution >= 0.6 is 11.6 Å². The van der Waals surface area contributed by atoms with Gasteiger partial charge in [0.2, 0.25) is 0 Å². The van der Waals surface area contributed by atoms with Crippen molar-refractivity contribution in [2.75, 3.05) is 6.54 Å². The predicted octanol–water partition coefficient (Wildman–Crippen LogP) is 3.22. The van der Waals surface area contributed by atoms with Gasteiger partial charge < -0.3 is 10.2 Å². The van der Waals surface area contributed by atoms with E-state index in [2.05, 4.69) is 0 Å². The predicted molar refractivity (Wildman–Crippen MR) is 65.7 cm³/mol. The van der Waals surface area contributed by atoms with Gasteiger partial charge >= 0.3 is 0 Å². The standard InChI is InChI=1S/C13H14ClNO/c14-13-3-1-11(2-4-13)12(8-15)7-10-5-6-16-9-10/h1-6,9,12H,7-8,15H2. The molecule has 2 N–H and O–H groups in total. The average Bonchev–Trinajstić information content (AvgIpc) is 2.80. The van der Waals surface area contributed by atoms with Crippen LogP contribution in [-0.4, -0.2) is 6.54 Å². The highest BCUT2D eigenvalue weighted by atomic mass is 35.5. The zero-order valence-corrected chi connectivity index (χ0v) is 9.65. The number of furan rings is 1. The van der Waals surface area contributed by atoms with E-state index in [0.29, 0.717) is 12.5 Å². The van der Waals surface area contributed by atoms with E-state index in [1.54, 1.807) is 12.5 Å². The summed E-state index contributed by atoms with van der Waals surface area (Å²) in [5.74, 6) is 0.315. The van der Waals surface area contributed by atoms with Gasteiger partial charge in [0.15, 0.2) is 0 Å². The lowest BCUT2D eigenvalue weighted by atomic mass is 9.93. The Morgan fingerprint density at radius 1 is 1.19 bits per heavy atom. The minimum absolute atomic E-state index is 0.315. The molecule has 0 aliphatic heterocycles. The van der Waals surface area contributed by atoms with Crippen LogP contribution in [0.3, 0.4) is 0 Å². The summed E-state index contributed by atoms with van der Waals surface area (Å²) in [6.07, 6.45) is 4.35. The number of benzene rings is 1. The third kappa shape index (κ3) is 2.65. The first-order valence-electron chi connectivity index (χ1n) is 5.26. The summed E-state index contributed by atoms with van der Waals surface area (Å²) in [6, 6.07) is 9.82. The highest BCUT2D eigenvalue weighted by Gasteiger charge is 2.11. The second-order valence-corrected chi connectivity index (χ2v) is 4.26. The summed E-state index contributed by atoms with van der Waals surface area (Å²) in [6.45, 7) is 0.618. The maximum absolute atomic E-state index is 5.86. The lowest BCUT2D eigenvalue weighted by Gasteiger charge is -2.14. The minimum atomic E-state index is 0.315. The summed E-state index contributed by atoms with van der Waals surface area (Å²) in [7, 11) is 0. The first kappa shape index (κ1) is 11.2. The fourth-order valence-electron chi connectivity index (χ4n) is 1.77. The quantitative estimate of drug-likeness (QED) is 0.884. The average molecular weight is 236 g/mol. The van der Waals surface area contributed by atoms with E-state index < -0.39 is 0 Å². The van der Waals surface area contributed by atoms with E-state index in [9.17, 15) is 0 Å². The van der Waals surface area contributed by atoms with Crippen LogP contribution in [0.15, 0.2) is 47.3 Å². The summed E-state index contributed by atoms with van der Waals surface area (Å²) in [5, 5.41) is 0.753. The molecular weight excluding hydrogens is 222 g/mol. The van der Waals surface area contributed by atoms with Crippen molar-refractivity contribution in [3.8, 4) is 0 Å². The van der Waals surface area contributed by atoms with Crippen LogP contribution in [0.25, 0.3) is 0 Å². The lowest BCUT2D eigenvalue weighted by Crippen LogP contribution is -2.14. The van der Waals surface area contributed by atoms with Crippen molar-refractivity contribution in [3.63, 3.8) is 0 Å². The van der Waals surface area contributed by atoms with E-state index >= 15 is 0 Å². The van der Waals surface area contributed by atoms with E-state index in [4.69, 9.17) is 21.8 Å². The molecule has 1 heterocycles. The third-order valence-electron chi connectivity index (χ3n) is 2.69. The molecule has 1 aromatic heterocycles. The van der Waals surface area contributed by atoms with Gasteiger partial charge in [-0.15, -0.1) is 0 Å². The Morgan fingerprint density at radius 2 is 1.94 bits per heavy atom. The molecule has 0 spiro atoms. The summed E-state index contributed by atoms with van der Waals surface area (Å²) < 4.78 is 5.05. The smallest absolute Gasteiger partial charge is 0.0934 e. The van der Waals surface area contributed by atoms with Crippen molar-refractivity contribution in [1.29, 1.82) is 0 Å². The van der Waals surface area contributed by atoms with Gasteiger partial charge in [-0.05, 0) is 42.3 Å². The van der Waals surface area contributed by atoms with Crippen molar-refractivity contribution in [2.45, 2.75) is 12.3 Å².